The lowest BCUT2D eigenvalue weighted by atomic mass is 10.2. The van der Waals surface area contributed by atoms with E-state index in [0.717, 1.165) is 39.8 Å². The maximum atomic E-state index is 13.0. The summed E-state index contributed by atoms with van der Waals surface area (Å²) < 4.78 is 7.78. The average molecular weight is 510 g/mol. The highest BCUT2D eigenvalue weighted by Crippen LogP contribution is 2.29. The van der Waals surface area contributed by atoms with Crippen molar-refractivity contribution in [2.75, 3.05) is 38.6 Å². The maximum absolute atomic E-state index is 13.0. The van der Waals surface area contributed by atoms with Gasteiger partial charge in [0, 0.05) is 41.6 Å². The molecule has 0 bridgehead atoms. The summed E-state index contributed by atoms with van der Waals surface area (Å²) in [6, 6.07) is 13.0. The number of carbonyl (C=O) groups excluding carboxylic acids is 1. The van der Waals surface area contributed by atoms with Gasteiger partial charge in [-0.2, -0.15) is 4.52 Å². The number of ether oxygens (including phenoxy) is 1. The number of carbonyl (C=O) groups is 1. The van der Waals surface area contributed by atoms with Crippen LogP contribution >= 0.6 is 15.9 Å². The van der Waals surface area contributed by atoms with Gasteiger partial charge in [-0.15, -0.1) is 5.10 Å². The van der Waals surface area contributed by atoms with Gasteiger partial charge in [-0.1, -0.05) is 6.07 Å². The van der Waals surface area contributed by atoms with Gasteiger partial charge in [-0.25, -0.2) is 9.97 Å². The topological polar surface area (TPSA) is 96.7 Å². The van der Waals surface area contributed by atoms with Gasteiger partial charge in [0.15, 0.2) is 11.5 Å². The number of hydrogen-bond acceptors (Lipinski definition) is 7. The molecular weight excluding hydrogens is 486 g/mol. The third-order valence-electron chi connectivity index (χ3n) is 5.75. The van der Waals surface area contributed by atoms with E-state index in [4.69, 9.17) is 19.8 Å². The van der Waals surface area contributed by atoms with E-state index in [1.807, 2.05) is 54.3 Å². The molecular formula is C23H24BrN7O2. The van der Waals surface area contributed by atoms with Gasteiger partial charge >= 0.3 is 0 Å². The number of fused-ring (bicyclic) bond motifs is 3. The second-order valence-corrected chi connectivity index (χ2v) is 8.77. The minimum atomic E-state index is -0.465. The van der Waals surface area contributed by atoms with Crippen LogP contribution in [0.4, 0.5) is 5.95 Å². The molecule has 10 heteroatoms. The summed E-state index contributed by atoms with van der Waals surface area (Å²) >= 11 is 3.60. The Morgan fingerprint density at radius 2 is 1.91 bits per heavy atom. The van der Waals surface area contributed by atoms with Crippen LogP contribution in [0, 0.1) is 0 Å². The Morgan fingerprint density at radius 3 is 2.64 bits per heavy atom. The first kappa shape index (κ1) is 21.6. The van der Waals surface area contributed by atoms with E-state index in [-0.39, 0.29) is 5.91 Å². The minimum Gasteiger partial charge on any atom is -0.497 e. The Labute approximate surface area is 199 Å². The molecule has 1 aliphatic rings. The van der Waals surface area contributed by atoms with Crippen LogP contribution in [0.2, 0.25) is 0 Å². The van der Waals surface area contributed by atoms with Gasteiger partial charge < -0.3 is 20.3 Å². The number of rotatable bonds is 5. The van der Waals surface area contributed by atoms with Crippen LogP contribution in [0.1, 0.15) is 6.92 Å². The number of piperazine rings is 1. The van der Waals surface area contributed by atoms with Gasteiger partial charge in [0.1, 0.15) is 11.8 Å². The molecule has 3 heterocycles. The summed E-state index contributed by atoms with van der Waals surface area (Å²) in [7, 11) is 1.63. The average Bonchev–Trinajstić information content (AvgIpc) is 3.31. The highest BCUT2D eigenvalue weighted by atomic mass is 79.9. The molecule has 0 aliphatic carbocycles. The molecule has 5 rings (SSSR count). The summed E-state index contributed by atoms with van der Waals surface area (Å²) in [5.74, 6) is 1.83. The van der Waals surface area contributed by atoms with Crippen molar-refractivity contribution in [3.05, 3.63) is 46.9 Å². The molecule has 0 unspecified atom stereocenters. The Morgan fingerprint density at radius 1 is 1.15 bits per heavy atom. The molecule has 2 aromatic carbocycles. The van der Waals surface area contributed by atoms with E-state index in [1.165, 1.54) is 0 Å². The number of anilines is 1. The van der Waals surface area contributed by atoms with E-state index in [2.05, 4.69) is 26.6 Å². The van der Waals surface area contributed by atoms with Crippen LogP contribution < -0.4 is 15.4 Å². The maximum Gasteiger partial charge on any atom is 0.244 e. The largest absolute Gasteiger partial charge is 0.497 e. The predicted octanol–water partition coefficient (Wildman–Crippen LogP) is 2.95. The molecule has 33 heavy (non-hydrogen) atoms. The Hall–Kier alpha value is -3.24. The van der Waals surface area contributed by atoms with Crippen LogP contribution in [-0.4, -0.2) is 69.7 Å². The lowest BCUT2D eigenvalue weighted by molar-refractivity contribution is -0.132. The number of methoxy groups -OCH3 is 1. The lowest BCUT2D eigenvalue weighted by Gasteiger charge is -2.30. The van der Waals surface area contributed by atoms with Gasteiger partial charge in [0.05, 0.1) is 12.6 Å². The molecule has 1 saturated heterocycles. The minimum absolute atomic E-state index is 0.0363. The summed E-state index contributed by atoms with van der Waals surface area (Å²) in [6.07, 6.45) is 0. The monoisotopic (exact) mass is 509 g/mol. The quantitative estimate of drug-likeness (QED) is 0.426. The molecule has 1 fully saturated rings. The first-order valence-corrected chi connectivity index (χ1v) is 11.6. The highest BCUT2D eigenvalue weighted by molar-refractivity contribution is 9.10. The van der Waals surface area contributed by atoms with Crippen molar-refractivity contribution in [1.82, 2.24) is 29.8 Å². The molecule has 1 aliphatic heterocycles. The van der Waals surface area contributed by atoms with Crippen LogP contribution in [0.5, 0.6) is 5.75 Å². The lowest BCUT2D eigenvalue weighted by Crippen LogP contribution is -2.50. The van der Waals surface area contributed by atoms with E-state index in [1.54, 1.807) is 11.6 Å². The normalized spacial score (nSPS) is 15.1. The number of nitrogens with one attached hydrogen (secondary N) is 2. The predicted molar refractivity (Wildman–Crippen MR) is 131 cm³/mol. The second-order valence-electron chi connectivity index (χ2n) is 7.91. The summed E-state index contributed by atoms with van der Waals surface area (Å²) in [6.45, 7) is 4.85. The van der Waals surface area contributed by atoms with Crippen LogP contribution in [0.3, 0.4) is 0 Å². The van der Waals surface area contributed by atoms with Crippen molar-refractivity contribution in [3.63, 3.8) is 0 Å². The third kappa shape index (κ3) is 4.11. The van der Waals surface area contributed by atoms with E-state index in [0.29, 0.717) is 30.5 Å². The zero-order chi connectivity index (χ0) is 22.9. The van der Waals surface area contributed by atoms with E-state index in [9.17, 15) is 4.79 Å². The number of benzene rings is 2. The summed E-state index contributed by atoms with van der Waals surface area (Å²) in [4.78, 5) is 24.5. The van der Waals surface area contributed by atoms with Crippen molar-refractivity contribution < 1.29 is 9.53 Å². The molecule has 170 valence electrons. The molecule has 0 radical (unpaired) electrons. The third-order valence-corrected chi connectivity index (χ3v) is 6.39. The molecule has 0 spiro atoms. The fourth-order valence-corrected chi connectivity index (χ4v) is 4.42. The molecule has 4 aromatic rings. The Bertz CT molecular complexity index is 1320. The van der Waals surface area contributed by atoms with E-state index >= 15 is 0 Å². The molecule has 0 saturated carbocycles. The molecule has 9 nitrogen and oxygen atoms in total. The molecule has 1 atom stereocenters. The molecule has 2 aromatic heterocycles. The smallest absolute Gasteiger partial charge is 0.244 e. The zero-order valence-electron chi connectivity index (χ0n) is 18.4. The van der Waals surface area contributed by atoms with E-state index < -0.39 is 6.04 Å². The van der Waals surface area contributed by atoms with Crippen molar-refractivity contribution in [1.29, 1.82) is 0 Å². The number of amides is 1. The standard InChI is InChI=1S/C23H24BrN7O2/c1-14(22(32)30-12-10-25-11-13-30)26-23-27-19-17(4-3-5-18(19)24)21-28-20(29-31(21)23)15-6-8-16(33-2)9-7-15/h3-9,14,25H,10-13H2,1-2H3,(H,26,27)/t14-/m1/s1. The number of nitrogens with zero attached hydrogens (tertiary/aromatic N) is 5. The van der Waals surface area contributed by atoms with Gasteiger partial charge in [-0.05, 0) is 59.3 Å². The first-order chi connectivity index (χ1) is 16.0. The molecule has 2 N–H and O–H groups in total. The zero-order valence-corrected chi connectivity index (χ0v) is 20.0. The van der Waals surface area contributed by atoms with Crippen LogP contribution in [-0.2, 0) is 4.79 Å². The molecule has 1 amide bonds. The van der Waals surface area contributed by atoms with Crippen LogP contribution in [0.25, 0.3) is 27.9 Å². The van der Waals surface area contributed by atoms with Crippen LogP contribution in [0.15, 0.2) is 46.9 Å². The fourth-order valence-electron chi connectivity index (χ4n) is 3.97. The van der Waals surface area contributed by atoms with Crippen molar-refractivity contribution >= 4 is 44.3 Å². The highest BCUT2D eigenvalue weighted by Gasteiger charge is 2.24. The fraction of sp³-hybridized carbons (Fsp3) is 0.304. The van der Waals surface area contributed by atoms with Gasteiger partial charge in [0.25, 0.3) is 0 Å². The second kappa shape index (κ2) is 8.95. The first-order valence-electron chi connectivity index (χ1n) is 10.8. The Balaban J connectivity index is 1.58. The number of para-hydroxylation sites is 1. The van der Waals surface area contributed by atoms with Gasteiger partial charge in [-0.3, -0.25) is 4.79 Å². The van der Waals surface area contributed by atoms with Crippen molar-refractivity contribution in [2.24, 2.45) is 0 Å². The summed E-state index contributed by atoms with van der Waals surface area (Å²) in [5, 5.41) is 12.2. The van der Waals surface area contributed by atoms with Crippen molar-refractivity contribution in [3.8, 4) is 17.1 Å². The SMILES string of the molecule is COc1ccc(-c2nc3c4cccc(Br)c4nc(N[C@H](C)C(=O)N4CCNCC4)n3n2)cc1. The number of aromatic nitrogens is 4. The Kier molecular flexibility index (Phi) is 5.86. The van der Waals surface area contributed by atoms with Gasteiger partial charge in [0.2, 0.25) is 11.9 Å². The number of halogens is 1. The summed E-state index contributed by atoms with van der Waals surface area (Å²) in [5.41, 5.74) is 2.28. The van der Waals surface area contributed by atoms with Crippen molar-refractivity contribution in [2.45, 2.75) is 13.0 Å². The number of hydrogen-bond donors (Lipinski definition) is 2.